The molecule has 8 heteroatoms. The molecule has 0 radical (unpaired) electrons. The molecule has 0 heterocycles. The third-order valence-electron chi connectivity index (χ3n) is 6.00. The molecular formula is C30H29ClN2O4S. The average Bonchev–Trinajstić information content (AvgIpc) is 2.92. The molecule has 6 nitrogen and oxygen atoms in total. The number of para-hydroxylation sites is 2. The minimum Gasteiger partial charge on any atom is -0.491 e. The standard InChI is InChI=1S/C30H29ClN2O4S/c1-22-11-17-26(18-12-22)38(35,36)33(21-24-13-15-25(31)16-14-24)28-9-5-4-8-27(28)30(34)32-19-20-37-29-10-6-3-7-23(29)2/h3-18H,19-21H2,1-2H3,(H,32,34). The number of ether oxygens (including phenoxy) is 1. The molecule has 0 aliphatic carbocycles. The van der Waals surface area contributed by atoms with E-state index in [1.807, 2.05) is 38.1 Å². The van der Waals surface area contributed by atoms with Gasteiger partial charge in [-0.05, 0) is 67.4 Å². The Morgan fingerprint density at radius 1 is 0.868 bits per heavy atom. The second kappa shape index (κ2) is 12.2. The van der Waals surface area contributed by atoms with Crippen molar-refractivity contribution in [2.45, 2.75) is 25.3 Å². The van der Waals surface area contributed by atoms with Crippen molar-refractivity contribution < 1.29 is 17.9 Å². The number of benzene rings is 4. The molecule has 0 unspecified atom stereocenters. The second-order valence-corrected chi connectivity index (χ2v) is 11.1. The van der Waals surface area contributed by atoms with Crippen LogP contribution in [0.1, 0.15) is 27.0 Å². The summed E-state index contributed by atoms with van der Waals surface area (Å²) in [5.41, 5.74) is 3.20. The van der Waals surface area contributed by atoms with Crippen molar-refractivity contribution in [1.82, 2.24) is 5.32 Å². The van der Waals surface area contributed by atoms with E-state index in [2.05, 4.69) is 5.32 Å². The molecule has 1 N–H and O–H groups in total. The highest BCUT2D eigenvalue weighted by atomic mass is 35.5. The summed E-state index contributed by atoms with van der Waals surface area (Å²) in [5.74, 6) is 0.356. The van der Waals surface area contributed by atoms with Crippen molar-refractivity contribution in [2.24, 2.45) is 0 Å². The van der Waals surface area contributed by atoms with Crippen molar-refractivity contribution >= 4 is 33.2 Å². The van der Waals surface area contributed by atoms with Crippen LogP contribution in [-0.4, -0.2) is 27.5 Å². The van der Waals surface area contributed by atoms with Gasteiger partial charge < -0.3 is 10.1 Å². The van der Waals surface area contributed by atoms with Gasteiger partial charge in [0.15, 0.2) is 0 Å². The highest BCUT2D eigenvalue weighted by Crippen LogP contribution is 2.30. The number of nitrogens with zero attached hydrogens (tertiary/aromatic N) is 1. The van der Waals surface area contributed by atoms with Gasteiger partial charge in [-0.1, -0.05) is 71.8 Å². The van der Waals surface area contributed by atoms with Crippen molar-refractivity contribution in [1.29, 1.82) is 0 Å². The Hall–Kier alpha value is -3.81. The molecule has 0 saturated carbocycles. The van der Waals surface area contributed by atoms with Crippen LogP contribution >= 0.6 is 11.6 Å². The molecule has 4 aromatic carbocycles. The number of aryl methyl sites for hydroxylation is 2. The van der Waals surface area contributed by atoms with Crippen LogP contribution in [0, 0.1) is 13.8 Å². The molecule has 0 aliphatic heterocycles. The Kier molecular flexibility index (Phi) is 8.71. The third-order valence-corrected chi connectivity index (χ3v) is 8.03. The maximum Gasteiger partial charge on any atom is 0.264 e. The summed E-state index contributed by atoms with van der Waals surface area (Å²) in [6.45, 7) is 4.39. The molecule has 4 rings (SSSR count). The number of hydrogen-bond acceptors (Lipinski definition) is 4. The van der Waals surface area contributed by atoms with Gasteiger partial charge in [-0.15, -0.1) is 0 Å². The number of halogens is 1. The van der Waals surface area contributed by atoms with Gasteiger partial charge in [0.25, 0.3) is 15.9 Å². The van der Waals surface area contributed by atoms with E-state index < -0.39 is 15.9 Å². The number of carbonyl (C=O) groups excluding carboxylic acids is 1. The van der Waals surface area contributed by atoms with E-state index in [1.54, 1.807) is 72.8 Å². The van der Waals surface area contributed by atoms with E-state index in [1.165, 1.54) is 4.31 Å². The molecule has 0 saturated heterocycles. The number of anilines is 1. The Morgan fingerprint density at radius 3 is 2.24 bits per heavy atom. The summed E-state index contributed by atoms with van der Waals surface area (Å²) in [6.07, 6.45) is 0. The molecule has 196 valence electrons. The fourth-order valence-electron chi connectivity index (χ4n) is 3.92. The minimum atomic E-state index is -4.01. The monoisotopic (exact) mass is 548 g/mol. The molecule has 38 heavy (non-hydrogen) atoms. The lowest BCUT2D eigenvalue weighted by atomic mass is 10.1. The van der Waals surface area contributed by atoms with Gasteiger partial charge in [0.05, 0.1) is 29.2 Å². The fourth-order valence-corrected chi connectivity index (χ4v) is 5.51. The highest BCUT2D eigenvalue weighted by molar-refractivity contribution is 7.92. The summed E-state index contributed by atoms with van der Waals surface area (Å²) >= 11 is 6.05. The maximum atomic E-state index is 13.9. The largest absolute Gasteiger partial charge is 0.491 e. The summed E-state index contributed by atoms with van der Waals surface area (Å²) in [5, 5.41) is 3.40. The van der Waals surface area contributed by atoms with Crippen LogP contribution in [0.4, 0.5) is 5.69 Å². The second-order valence-electron chi connectivity index (χ2n) is 8.84. The fraction of sp³-hybridized carbons (Fsp3) is 0.167. The quantitative estimate of drug-likeness (QED) is 0.241. The van der Waals surface area contributed by atoms with Gasteiger partial charge in [0.1, 0.15) is 12.4 Å². The highest BCUT2D eigenvalue weighted by Gasteiger charge is 2.28. The molecule has 4 aromatic rings. The number of carbonyl (C=O) groups is 1. The van der Waals surface area contributed by atoms with Crippen LogP contribution in [0.5, 0.6) is 5.75 Å². The first-order valence-electron chi connectivity index (χ1n) is 12.2. The van der Waals surface area contributed by atoms with Gasteiger partial charge in [0, 0.05) is 5.02 Å². The zero-order valence-corrected chi connectivity index (χ0v) is 22.8. The SMILES string of the molecule is Cc1ccc(S(=O)(=O)N(Cc2ccc(Cl)cc2)c2ccccc2C(=O)NCCOc2ccccc2C)cc1. The Bertz CT molecular complexity index is 1500. The zero-order valence-electron chi connectivity index (χ0n) is 21.2. The summed E-state index contributed by atoms with van der Waals surface area (Å²) in [4.78, 5) is 13.4. The van der Waals surface area contributed by atoms with E-state index in [-0.39, 0.29) is 35.8 Å². The van der Waals surface area contributed by atoms with Crippen LogP contribution < -0.4 is 14.4 Å². The predicted octanol–water partition coefficient (Wildman–Crippen LogP) is 6.16. The molecule has 0 bridgehead atoms. The Balaban J connectivity index is 1.61. The summed E-state index contributed by atoms with van der Waals surface area (Å²) < 4.78 is 34.8. The topological polar surface area (TPSA) is 75.7 Å². The molecule has 0 aromatic heterocycles. The lowest BCUT2D eigenvalue weighted by Crippen LogP contribution is -2.34. The minimum absolute atomic E-state index is 0.0219. The summed E-state index contributed by atoms with van der Waals surface area (Å²) in [7, 11) is -4.01. The van der Waals surface area contributed by atoms with E-state index in [0.717, 1.165) is 22.4 Å². The molecule has 1 amide bonds. The molecule has 0 spiro atoms. The van der Waals surface area contributed by atoms with Crippen molar-refractivity contribution in [2.75, 3.05) is 17.5 Å². The molecular weight excluding hydrogens is 520 g/mol. The zero-order chi connectivity index (χ0) is 27.1. The van der Waals surface area contributed by atoms with Gasteiger partial charge in [-0.3, -0.25) is 9.10 Å². The van der Waals surface area contributed by atoms with Crippen molar-refractivity contribution in [3.05, 3.63) is 124 Å². The first-order valence-corrected chi connectivity index (χ1v) is 14.0. The van der Waals surface area contributed by atoms with Crippen LogP contribution in [0.15, 0.2) is 102 Å². The van der Waals surface area contributed by atoms with Gasteiger partial charge in [0.2, 0.25) is 0 Å². The predicted molar refractivity (Wildman–Crippen MR) is 151 cm³/mol. The summed E-state index contributed by atoms with van der Waals surface area (Å²) in [6, 6.07) is 27.9. The Labute approximate surface area is 228 Å². The van der Waals surface area contributed by atoms with Gasteiger partial charge >= 0.3 is 0 Å². The number of sulfonamides is 1. The molecule has 0 aliphatic rings. The lowest BCUT2D eigenvalue weighted by molar-refractivity contribution is 0.0947. The molecule has 0 fully saturated rings. The number of amides is 1. The Morgan fingerprint density at radius 2 is 1.53 bits per heavy atom. The van der Waals surface area contributed by atoms with Crippen LogP contribution in [0.3, 0.4) is 0 Å². The van der Waals surface area contributed by atoms with Crippen LogP contribution in [0.25, 0.3) is 0 Å². The first kappa shape index (κ1) is 27.2. The van der Waals surface area contributed by atoms with E-state index >= 15 is 0 Å². The normalized spacial score (nSPS) is 11.1. The van der Waals surface area contributed by atoms with Crippen molar-refractivity contribution in [3.63, 3.8) is 0 Å². The smallest absolute Gasteiger partial charge is 0.264 e. The number of nitrogens with one attached hydrogen (secondary N) is 1. The third kappa shape index (κ3) is 6.54. The van der Waals surface area contributed by atoms with Crippen LogP contribution in [-0.2, 0) is 16.6 Å². The van der Waals surface area contributed by atoms with Crippen molar-refractivity contribution in [3.8, 4) is 5.75 Å². The van der Waals surface area contributed by atoms with Gasteiger partial charge in [-0.2, -0.15) is 0 Å². The van der Waals surface area contributed by atoms with E-state index in [9.17, 15) is 13.2 Å². The maximum absolute atomic E-state index is 13.9. The lowest BCUT2D eigenvalue weighted by Gasteiger charge is -2.27. The first-order chi connectivity index (χ1) is 18.3. The van der Waals surface area contributed by atoms with Crippen LogP contribution in [0.2, 0.25) is 5.02 Å². The number of rotatable bonds is 10. The van der Waals surface area contributed by atoms with Gasteiger partial charge in [-0.25, -0.2) is 8.42 Å². The average molecular weight is 549 g/mol. The van der Waals surface area contributed by atoms with E-state index in [4.69, 9.17) is 16.3 Å². The molecule has 0 atom stereocenters. The van der Waals surface area contributed by atoms with E-state index in [0.29, 0.717) is 5.02 Å². The number of hydrogen-bond donors (Lipinski definition) is 1.